The predicted octanol–water partition coefficient (Wildman–Crippen LogP) is 2.93. The average molecular weight is 236 g/mol. The van der Waals surface area contributed by atoms with Gasteiger partial charge < -0.3 is 5.11 Å². The summed E-state index contributed by atoms with van der Waals surface area (Å²) in [6.07, 6.45) is -4.27. The van der Waals surface area contributed by atoms with E-state index in [0.717, 1.165) is 17.7 Å². The zero-order valence-corrected chi connectivity index (χ0v) is 8.74. The van der Waals surface area contributed by atoms with Crippen LogP contribution in [0.3, 0.4) is 0 Å². The van der Waals surface area contributed by atoms with Gasteiger partial charge in [0.15, 0.2) is 0 Å². The van der Waals surface area contributed by atoms with Gasteiger partial charge in [0.2, 0.25) is 0 Å². The summed E-state index contributed by atoms with van der Waals surface area (Å²) >= 11 is 1.49. The van der Waals surface area contributed by atoms with Gasteiger partial charge in [-0.2, -0.15) is 24.9 Å². The molecule has 84 valence electrons. The lowest BCUT2D eigenvalue weighted by molar-refractivity contribution is -0.137. The zero-order valence-electron chi connectivity index (χ0n) is 7.92. The molecular weight excluding hydrogens is 225 g/mol. The summed E-state index contributed by atoms with van der Waals surface area (Å²) in [5.41, 5.74) is 0.208. The molecule has 5 heteroatoms. The second-order valence-corrected chi connectivity index (χ2v) is 4.08. The molecule has 1 N–H and O–H groups in total. The van der Waals surface area contributed by atoms with E-state index in [1.807, 2.05) is 0 Å². The van der Waals surface area contributed by atoms with Crippen molar-refractivity contribution in [2.75, 3.05) is 12.4 Å². The van der Waals surface area contributed by atoms with Crippen molar-refractivity contribution in [2.24, 2.45) is 0 Å². The van der Waals surface area contributed by atoms with Crippen LogP contribution in [0.4, 0.5) is 13.2 Å². The number of halogens is 3. The maximum Gasteiger partial charge on any atom is 0.416 e. The van der Waals surface area contributed by atoms with Gasteiger partial charge in [0.1, 0.15) is 0 Å². The molecule has 0 atom stereocenters. The number of aliphatic hydroxyl groups is 1. The number of hydrogen-bond donors (Lipinski definition) is 1. The van der Waals surface area contributed by atoms with Crippen molar-refractivity contribution in [3.8, 4) is 0 Å². The monoisotopic (exact) mass is 236 g/mol. The van der Waals surface area contributed by atoms with Gasteiger partial charge in [0.05, 0.1) is 12.2 Å². The molecule has 1 aromatic rings. The minimum atomic E-state index is -4.27. The third-order valence-corrected chi connectivity index (χ3v) is 2.79. The summed E-state index contributed by atoms with van der Waals surface area (Å²) in [6, 6.07) is 5.09. The summed E-state index contributed by atoms with van der Waals surface area (Å²) in [5, 5.41) is 8.53. The molecule has 1 nitrogen and oxygen atoms in total. The van der Waals surface area contributed by atoms with Gasteiger partial charge in [-0.05, 0) is 17.7 Å². The first-order valence-electron chi connectivity index (χ1n) is 4.39. The molecule has 0 bridgehead atoms. The van der Waals surface area contributed by atoms with Crippen molar-refractivity contribution >= 4 is 11.8 Å². The maximum atomic E-state index is 12.2. The Hall–Kier alpha value is -0.680. The van der Waals surface area contributed by atoms with E-state index in [2.05, 4.69) is 0 Å². The molecule has 1 aromatic carbocycles. The molecule has 0 amide bonds. The topological polar surface area (TPSA) is 20.2 Å². The van der Waals surface area contributed by atoms with E-state index < -0.39 is 11.7 Å². The minimum Gasteiger partial charge on any atom is -0.396 e. The van der Waals surface area contributed by atoms with E-state index in [1.165, 1.54) is 23.9 Å². The molecule has 0 saturated heterocycles. The lowest BCUT2D eigenvalue weighted by atomic mass is 10.1. The Morgan fingerprint density at radius 2 is 1.73 bits per heavy atom. The molecule has 0 aliphatic rings. The van der Waals surface area contributed by atoms with Crippen LogP contribution in [0.2, 0.25) is 0 Å². The first-order valence-corrected chi connectivity index (χ1v) is 5.54. The van der Waals surface area contributed by atoms with Gasteiger partial charge in [-0.1, -0.05) is 12.1 Å². The largest absolute Gasteiger partial charge is 0.416 e. The van der Waals surface area contributed by atoms with Crippen LogP contribution in [0.1, 0.15) is 11.1 Å². The highest BCUT2D eigenvalue weighted by Gasteiger charge is 2.29. The zero-order chi connectivity index (χ0) is 11.3. The third-order valence-electron chi connectivity index (χ3n) is 1.79. The van der Waals surface area contributed by atoms with Crippen LogP contribution in [-0.4, -0.2) is 17.5 Å². The normalized spacial score (nSPS) is 11.7. The Labute approximate surface area is 90.3 Å². The SMILES string of the molecule is OCCSCc1ccc(C(F)(F)F)cc1. The number of hydrogen-bond acceptors (Lipinski definition) is 2. The Balaban J connectivity index is 2.57. The highest BCUT2D eigenvalue weighted by atomic mass is 32.2. The quantitative estimate of drug-likeness (QED) is 0.811. The number of alkyl halides is 3. The van der Waals surface area contributed by atoms with Gasteiger partial charge in [0, 0.05) is 11.5 Å². The van der Waals surface area contributed by atoms with Crippen molar-refractivity contribution < 1.29 is 18.3 Å². The first kappa shape index (κ1) is 12.4. The molecule has 0 heterocycles. The van der Waals surface area contributed by atoms with Gasteiger partial charge in [-0.15, -0.1) is 0 Å². The van der Waals surface area contributed by atoms with Crippen molar-refractivity contribution in [3.05, 3.63) is 35.4 Å². The predicted molar refractivity (Wildman–Crippen MR) is 54.7 cm³/mol. The summed E-state index contributed by atoms with van der Waals surface area (Å²) in [6.45, 7) is 0.0886. The third kappa shape index (κ3) is 4.13. The molecule has 0 spiro atoms. The van der Waals surface area contributed by atoms with Crippen LogP contribution < -0.4 is 0 Å². The van der Waals surface area contributed by atoms with Crippen molar-refractivity contribution in [3.63, 3.8) is 0 Å². The van der Waals surface area contributed by atoms with Crippen LogP contribution >= 0.6 is 11.8 Å². The fourth-order valence-corrected chi connectivity index (χ4v) is 1.75. The van der Waals surface area contributed by atoms with Crippen molar-refractivity contribution in [1.82, 2.24) is 0 Å². The van der Waals surface area contributed by atoms with Gasteiger partial charge in [-0.25, -0.2) is 0 Å². The van der Waals surface area contributed by atoms with E-state index in [-0.39, 0.29) is 6.61 Å². The first-order chi connectivity index (χ1) is 7.04. The summed E-state index contributed by atoms with van der Waals surface area (Å²) < 4.78 is 36.6. The molecule has 0 saturated carbocycles. The number of rotatable bonds is 4. The standard InChI is InChI=1S/C10H11F3OS/c11-10(12,13)9-3-1-8(2-4-9)7-15-6-5-14/h1-4,14H,5-7H2. The van der Waals surface area contributed by atoms with E-state index in [9.17, 15) is 13.2 Å². The van der Waals surface area contributed by atoms with E-state index in [0.29, 0.717) is 11.5 Å². The van der Waals surface area contributed by atoms with E-state index >= 15 is 0 Å². The Morgan fingerprint density at radius 1 is 1.13 bits per heavy atom. The molecule has 15 heavy (non-hydrogen) atoms. The molecule has 0 aliphatic carbocycles. The fraction of sp³-hybridized carbons (Fsp3) is 0.400. The van der Waals surface area contributed by atoms with Crippen molar-refractivity contribution in [1.29, 1.82) is 0 Å². The Morgan fingerprint density at radius 3 is 2.20 bits per heavy atom. The Bertz CT molecular complexity index is 295. The van der Waals surface area contributed by atoms with Crippen LogP contribution in [0.25, 0.3) is 0 Å². The smallest absolute Gasteiger partial charge is 0.396 e. The average Bonchev–Trinajstić information content (AvgIpc) is 2.18. The van der Waals surface area contributed by atoms with Gasteiger partial charge >= 0.3 is 6.18 Å². The van der Waals surface area contributed by atoms with Crippen LogP contribution in [0.5, 0.6) is 0 Å². The molecule has 0 unspecified atom stereocenters. The number of aliphatic hydroxyl groups excluding tert-OH is 1. The molecule has 1 rings (SSSR count). The summed E-state index contributed by atoms with van der Waals surface area (Å²) in [7, 11) is 0. The highest BCUT2D eigenvalue weighted by molar-refractivity contribution is 7.98. The summed E-state index contributed by atoms with van der Waals surface area (Å²) in [4.78, 5) is 0. The lowest BCUT2D eigenvalue weighted by Crippen LogP contribution is -2.04. The minimum absolute atomic E-state index is 0.0886. The number of thioether (sulfide) groups is 1. The molecule has 0 fully saturated rings. The van der Waals surface area contributed by atoms with Crippen LogP contribution in [0, 0.1) is 0 Å². The molecule has 0 aliphatic heterocycles. The second kappa shape index (κ2) is 5.42. The Kier molecular flexibility index (Phi) is 4.47. The molecule has 0 radical (unpaired) electrons. The van der Waals surface area contributed by atoms with Crippen molar-refractivity contribution in [2.45, 2.75) is 11.9 Å². The lowest BCUT2D eigenvalue weighted by Gasteiger charge is -2.07. The molecular formula is C10H11F3OS. The molecule has 0 aromatic heterocycles. The van der Waals surface area contributed by atoms with Gasteiger partial charge in [-0.3, -0.25) is 0 Å². The van der Waals surface area contributed by atoms with Gasteiger partial charge in [0.25, 0.3) is 0 Å². The van der Waals surface area contributed by atoms with Crippen LogP contribution in [0.15, 0.2) is 24.3 Å². The fourth-order valence-electron chi connectivity index (χ4n) is 1.04. The maximum absolute atomic E-state index is 12.2. The van der Waals surface area contributed by atoms with Crippen LogP contribution in [-0.2, 0) is 11.9 Å². The summed E-state index contributed by atoms with van der Waals surface area (Å²) in [5.74, 6) is 1.22. The van der Waals surface area contributed by atoms with E-state index in [4.69, 9.17) is 5.11 Å². The number of benzene rings is 1. The second-order valence-electron chi connectivity index (χ2n) is 2.97. The van der Waals surface area contributed by atoms with E-state index in [1.54, 1.807) is 0 Å². The highest BCUT2D eigenvalue weighted by Crippen LogP contribution is 2.29.